The molecular formula is C27H27Cl3FNO7S. The average Bonchev–Trinajstić information content (AvgIpc) is 2.95. The van der Waals surface area contributed by atoms with Gasteiger partial charge < -0.3 is 24.4 Å². The molecule has 0 aliphatic heterocycles. The van der Waals surface area contributed by atoms with Crippen molar-refractivity contribution in [2.45, 2.75) is 36.5 Å². The Morgan fingerprint density at radius 1 is 0.850 bits per heavy atom. The van der Waals surface area contributed by atoms with Crippen molar-refractivity contribution in [1.82, 2.24) is 0 Å². The highest BCUT2D eigenvalue weighted by atomic mass is 35.5. The first-order chi connectivity index (χ1) is 19.1. The minimum atomic E-state index is -4.62. The number of halogens is 4. The van der Waals surface area contributed by atoms with Gasteiger partial charge in [0.2, 0.25) is 0 Å². The van der Waals surface area contributed by atoms with Crippen molar-refractivity contribution in [3.05, 3.63) is 86.9 Å². The van der Waals surface area contributed by atoms with E-state index in [0.29, 0.717) is 23.3 Å². The molecule has 3 aromatic carbocycles. The van der Waals surface area contributed by atoms with Crippen molar-refractivity contribution in [3.8, 4) is 11.5 Å². The smallest absolute Gasteiger partial charge is 0.298 e. The molecule has 0 unspecified atom stereocenters. The molecule has 0 aromatic heterocycles. The van der Waals surface area contributed by atoms with Crippen LogP contribution in [0.3, 0.4) is 0 Å². The van der Waals surface area contributed by atoms with Gasteiger partial charge in [-0.2, -0.15) is 8.42 Å². The van der Waals surface area contributed by atoms with Gasteiger partial charge in [0.15, 0.2) is 6.17 Å². The first-order valence-corrected chi connectivity index (χ1v) is 14.3. The lowest BCUT2D eigenvalue weighted by Gasteiger charge is -2.28. The quantitative estimate of drug-likeness (QED) is 0.115. The Labute approximate surface area is 247 Å². The molecule has 0 saturated carbocycles. The zero-order valence-electron chi connectivity index (χ0n) is 21.5. The number of ether oxygens (including phenoxy) is 4. The van der Waals surface area contributed by atoms with E-state index in [9.17, 15) is 8.42 Å². The highest BCUT2D eigenvalue weighted by molar-refractivity contribution is 7.87. The summed E-state index contributed by atoms with van der Waals surface area (Å²) in [4.78, 5) is -0.470. The zero-order valence-corrected chi connectivity index (χ0v) is 24.6. The van der Waals surface area contributed by atoms with Crippen LogP contribution in [0.4, 0.5) is 4.39 Å². The van der Waals surface area contributed by atoms with E-state index in [1.165, 1.54) is 14.2 Å². The van der Waals surface area contributed by atoms with Crippen LogP contribution in [0.15, 0.2) is 65.6 Å². The first kappa shape index (κ1) is 32.1. The highest BCUT2D eigenvalue weighted by Crippen LogP contribution is 2.33. The summed E-state index contributed by atoms with van der Waals surface area (Å²) >= 11 is 18.1. The third kappa shape index (κ3) is 8.78. The topological polar surface area (TPSA) is 104 Å². The predicted molar refractivity (Wildman–Crippen MR) is 151 cm³/mol. The van der Waals surface area contributed by atoms with Gasteiger partial charge in [-0.25, -0.2) is 4.39 Å². The van der Waals surface area contributed by atoms with Crippen molar-refractivity contribution < 1.29 is 35.9 Å². The minimum Gasteiger partial charge on any atom is -0.497 e. The standard InChI is InChI=1S/C27H27Cl3FNO7S/c1-35-19-7-3-17(4-8-19)14-37-16-25(39-40(33,34)26-12-22(29)21(28)11-23(26)30)27(24(31)13-32)38-15-18-5-9-20(36-2)10-6-18/h3-13,24-25,27,32H,14-16H2,1-2H3/t24-,25-,27+/m1/s1. The number of methoxy groups -OCH3 is 2. The van der Waals surface area contributed by atoms with E-state index >= 15 is 4.39 Å². The Morgan fingerprint density at radius 2 is 1.38 bits per heavy atom. The second-order valence-corrected chi connectivity index (χ2v) is 11.1. The van der Waals surface area contributed by atoms with Crippen LogP contribution >= 0.6 is 34.8 Å². The lowest BCUT2D eigenvalue weighted by atomic mass is 10.1. The third-order valence-corrected chi connectivity index (χ3v) is 8.17. The van der Waals surface area contributed by atoms with Gasteiger partial charge in [-0.15, -0.1) is 0 Å². The highest BCUT2D eigenvalue weighted by Gasteiger charge is 2.36. The molecule has 8 nitrogen and oxygen atoms in total. The van der Waals surface area contributed by atoms with Crippen molar-refractivity contribution in [1.29, 1.82) is 5.41 Å². The zero-order chi connectivity index (χ0) is 29.3. The van der Waals surface area contributed by atoms with Crippen molar-refractivity contribution in [2.24, 2.45) is 0 Å². The molecule has 3 atom stereocenters. The monoisotopic (exact) mass is 633 g/mol. The molecule has 3 aromatic rings. The SMILES string of the molecule is COc1ccc(COC[C@@H](OS(=O)(=O)c2cc(Cl)c(Cl)cc2Cl)[C@@H](OCc2ccc(OC)cc2)[C@H](F)C=N)cc1. The van der Waals surface area contributed by atoms with Crippen LogP contribution < -0.4 is 9.47 Å². The summed E-state index contributed by atoms with van der Waals surface area (Å²) in [5, 5.41) is 7.22. The van der Waals surface area contributed by atoms with Crippen LogP contribution in [-0.4, -0.2) is 53.8 Å². The van der Waals surface area contributed by atoms with Gasteiger partial charge in [0.25, 0.3) is 10.1 Å². The van der Waals surface area contributed by atoms with E-state index in [0.717, 1.165) is 17.7 Å². The summed E-state index contributed by atoms with van der Waals surface area (Å²) in [5.41, 5.74) is 1.39. The molecule has 0 radical (unpaired) electrons. The summed E-state index contributed by atoms with van der Waals surface area (Å²) in [7, 11) is -1.56. The summed E-state index contributed by atoms with van der Waals surface area (Å²) in [5.74, 6) is 1.26. The van der Waals surface area contributed by atoms with Gasteiger partial charge in [-0.3, -0.25) is 4.18 Å². The van der Waals surface area contributed by atoms with Gasteiger partial charge >= 0.3 is 0 Å². The third-order valence-electron chi connectivity index (χ3n) is 5.65. The number of benzene rings is 3. The first-order valence-electron chi connectivity index (χ1n) is 11.8. The van der Waals surface area contributed by atoms with Crippen LogP contribution in [0.1, 0.15) is 11.1 Å². The number of hydrogen-bond donors (Lipinski definition) is 1. The van der Waals surface area contributed by atoms with E-state index in [-0.39, 0.29) is 28.3 Å². The molecular weight excluding hydrogens is 608 g/mol. The second kappa shape index (κ2) is 15.0. The van der Waals surface area contributed by atoms with Crippen LogP contribution in [0, 0.1) is 5.41 Å². The largest absolute Gasteiger partial charge is 0.497 e. The number of hydrogen-bond acceptors (Lipinski definition) is 8. The van der Waals surface area contributed by atoms with E-state index in [1.807, 2.05) is 0 Å². The molecule has 0 spiro atoms. The Bertz CT molecular complexity index is 1380. The molecule has 13 heteroatoms. The minimum absolute atomic E-state index is 0.0401. The Hall–Kier alpha value is -2.44. The maximum Gasteiger partial charge on any atom is 0.298 e. The van der Waals surface area contributed by atoms with Crippen LogP contribution in [0.25, 0.3) is 0 Å². The van der Waals surface area contributed by atoms with Gasteiger partial charge in [0, 0.05) is 6.21 Å². The maximum atomic E-state index is 15.1. The van der Waals surface area contributed by atoms with E-state index in [2.05, 4.69) is 0 Å². The van der Waals surface area contributed by atoms with Gasteiger partial charge in [-0.05, 0) is 47.5 Å². The van der Waals surface area contributed by atoms with E-state index < -0.39 is 40.0 Å². The van der Waals surface area contributed by atoms with Gasteiger partial charge in [0.1, 0.15) is 28.6 Å². The van der Waals surface area contributed by atoms with Gasteiger partial charge in [0.05, 0.1) is 49.1 Å². The molecule has 0 saturated heterocycles. The van der Waals surface area contributed by atoms with Crippen LogP contribution in [0.2, 0.25) is 15.1 Å². The Morgan fingerprint density at radius 3 is 1.90 bits per heavy atom. The van der Waals surface area contributed by atoms with Crippen LogP contribution in [0.5, 0.6) is 11.5 Å². The van der Waals surface area contributed by atoms with Crippen LogP contribution in [-0.2, 0) is 37.0 Å². The molecule has 1 N–H and O–H groups in total. The van der Waals surface area contributed by atoms with E-state index in [1.54, 1.807) is 48.5 Å². The molecule has 0 fully saturated rings. The summed E-state index contributed by atoms with van der Waals surface area (Å²) < 4.78 is 68.8. The number of alkyl halides is 1. The molecule has 216 valence electrons. The predicted octanol–water partition coefficient (Wildman–Crippen LogP) is 6.53. The number of rotatable bonds is 15. The normalized spacial score (nSPS) is 13.8. The van der Waals surface area contributed by atoms with Gasteiger partial charge in [-0.1, -0.05) is 59.1 Å². The average molecular weight is 635 g/mol. The summed E-state index contributed by atoms with van der Waals surface area (Å²) in [6.45, 7) is -0.481. The summed E-state index contributed by atoms with van der Waals surface area (Å²) in [6.07, 6.45) is -4.61. The Balaban J connectivity index is 1.87. The van der Waals surface area contributed by atoms with Crippen molar-refractivity contribution in [3.63, 3.8) is 0 Å². The molecule has 40 heavy (non-hydrogen) atoms. The molecule has 0 aliphatic rings. The lowest BCUT2D eigenvalue weighted by molar-refractivity contribution is -0.0852. The lowest BCUT2D eigenvalue weighted by Crippen LogP contribution is -2.44. The van der Waals surface area contributed by atoms with Crippen molar-refractivity contribution in [2.75, 3.05) is 20.8 Å². The molecule has 0 heterocycles. The maximum absolute atomic E-state index is 15.1. The molecule has 0 aliphatic carbocycles. The van der Waals surface area contributed by atoms with Crippen molar-refractivity contribution >= 4 is 51.1 Å². The fraction of sp³-hybridized carbons (Fsp3) is 0.296. The van der Waals surface area contributed by atoms with E-state index in [4.69, 9.17) is 63.3 Å². The fourth-order valence-electron chi connectivity index (χ4n) is 3.52. The second-order valence-electron chi connectivity index (χ2n) is 8.38. The molecule has 0 amide bonds. The summed E-state index contributed by atoms with van der Waals surface area (Å²) in [6, 6.07) is 16.0. The Kier molecular flexibility index (Phi) is 12.0. The fourth-order valence-corrected chi connectivity index (χ4v) is 5.56. The molecule has 0 bridgehead atoms. The molecule has 3 rings (SSSR count). The number of nitrogens with one attached hydrogen (secondary N) is 1.